The van der Waals surface area contributed by atoms with Gasteiger partial charge in [-0.1, -0.05) is 39.7 Å². The maximum Gasteiger partial charge on any atom is 0.129 e. The van der Waals surface area contributed by atoms with Gasteiger partial charge in [0.15, 0.2) is 0 Å². The van der Waals surface area contributed by atoms with Crippen LogP contribution in [0.15, 0.2) is 34.8 Å². The Morgan fingerprint density at radius 1 is 1.10 bits per heavy atom. The zero-order valence-corrected chi connectivity index (χ0v) is 13.9. The predicted molar refractivity (Wildman–Crippen MR) is 85.9 cm³/mol. The molecule has 0 saturated heterocycles. The lowest BCUT2D eigenvalue weighted by Gasteiger charge is -2.21. The Labute approximate surface area is 132 Å². The molecule has 106 valence electrons. The third-order valence-electron chi connectivity index (χ3n) is 3.42. The lowest BCUT2D eigenvalue weighted by Crippen LogP contribution is -2.20. The Bertz CT molecular complexity index is 643. The highest BCUT2D eigenvalue weighted by Gasteiger charge is 2.19. The second-order valence-electron chi connectivity index (χ2n) is 4.85. The van der Waals surface area contributed by atoms with Crippen LogP contribution in [0, 0.1) is 19.7 Å². The van der Waals surface area contributed by atoms with E-state index in [1.165, 1.54) is 6.07 Å². The lowest BCUT2D eigenvalue weighted by atomic mass is 9.93. The van der Waals surface area contributed by atoms with Crippen molar-refractivity contribution in [3.8, 4) is 0 Å². The minimum Gasteiger partial charge on any atom is -0.309 e. The summed E-state index contributed by atoms with van der Waals surface area (Å²) in [5.41, 5.74) is 3.70. The van der Waals surface area contributed by atoms with Gasteiger partial charge >= 0.3 is 0 Å². The molecule has 0 heterocycles. The summed E-state index contributed by atoms with van der Waals surface area (Å²) in [7, 11) is 1.83. The lowest BCUT2D eigenvalue weighted by molar-refractivity contribution is 0.574. The number of halogens is 3. The average molecular weight is 357 g/mol. The van der Waals surface area contributed by atoms with Gasteiger partial charge in [-0.05, 0) is 55.8 Å². The molecule has 0 bridgehead atoms. The molecule has 0 saturated carbocycles. The molecule has 20 heavy (non-hydrogen) atoms. The van der Waals surface area contributed by atoms with Crippen molar-refractivity contribution in [2.24, 2.45) is 0 Å². The molecule has 4 heteroatoms. The van der Waals surface area contributed by atoms with Crippen LogP contribution in [0.25, 0.3) is 0 Å². The van der Waals surface area contributed by atoms with Crippen LogP contribution in [0.2, 0.25) is 5.02 Å². The molecular formula is C16H16BrClFN. The smallest absolute Gasteiger partial charge is 0.129 e. The van der Waals surface area contributed by atoms with Crippen LogP contribution in [0.3, 0.4) is 0 Å². The molecule has 2 rings (SSSR count). The van der Waals surface area contributed by atoms with Crippen LogP contribution < -0.4 is 5.32 Å². The first-order valence-electron chi connectivity index (χ1n) is 6.33. The van der Waals surface area contributed by atoms with Crippen LogP contribution in [0.4, 0.5) is 4.39 Å². The minimum atomic E-state index is -0.231. The Morgan fingerprint density at radius 2 is 1.80 bits per heavy atom. The van der Waals surface area contributed by atoms with Gasteiger partial charge < -0.3 is 5.32 Å². The standard InChI is InChI=1S/C16H16BrClFN/c1-9-7-14(18)10(2)6-13(9)16(20-3)12-5-4-11(17)8-15(12)19/h4-8,16,20H,1-3H3. The first-order chi connectivity index (χ1) is 9.43. The summed E-state index contributed by atoms with van der Waals surface area (Å²) in [6.07, 6.45) is 0. The van der Waals surface area contributed by atoms with E-state index < -0.39 is 0 Å². The van der Waals surface area contributed by atoms with E-state index in [4.69, 9.17) is 11.6 Å². The van der Waals surface area contributed by atoms with Gasteiger partial charge in [-0.15, -0.1) is 0 Å². The summed E-state index contributed by atoms with van der Waals surface area (Å²) >= 11 is 9.41. The van der Waals surface area contributed by atoms with E-state index in [1.54, 1.807) is 6.07 Å². The predicted octanol–water partition coefficient (Wildman–Crippen LogP) is 5.17. The Morgan fingerprint density at radius 3 is 2.40 bits per heavy atom. The van der Waals surface area contributed by atoms with Crippen molar-refractivity contribution in [3.05, 3.63) is 67.9 Å². The zero-order valence-electron chi connectivity index (χ0n) is 11.6. The number of nitrogens with one attached hydrogen (secondary N) is 1. The van der Waals surface area contributed by atoms with Gasteiger partial charge in [0.05, 0.1) is 6.04 Å². The molecule has 0 spiro atoms. The first-order valence-corrected chi connectivity index (χ1v) is 7.50. The van der Waals surface area contributed by atoms with E-state index >= 15 is 0 Å². The number of rotatable bonds is 3. The Hall–Kier alpha value is -0.900. The summed E-state index contributed by atoms with van der Waals surface area (Å²) in [6, 6.07) is 8.87. The fourth-order valence-electron chi connectivity index (χ4n) is 2.33. The van der Waals surface area contributed by atoms with Crippen molar-refractivity contribution in [1.82, 2.24) is 5.32 Å². The van der Waals surface area contributed by atoms with E-state index in [0.29, 0.717) is 5.56 Å². The highest BCUT2D eigenvalue weighted by molar-refractivity contribution is 9.10. The molecule has 0 aromatic heterocycles. The van der Waals surface area contributed by atoms with Crippen LogP contribution in [0.5, 0.6) is 0 Å². The molecule has 1 N–H and O–H groups in total. The maximum absolute atomic E-state index is 14.2. The van der Waals surface area contributed by atoms with Crippen molar-refractivity contribution in [1.29, 1.82) is 0 Å². The third-order valence-corrected chi connectivity index (χ3v) is 4.32. The van der Waals surface area contributed by atoms with Crippen molar-refractivity contribution >= 4 is 27.5 Å². The summed E-state index contributed by atoms with van der Waals surface area (Å²) in [5.74, 6) is -0.231. The highest BCUT2D eigenvalue weighted by atomic mass is 79.9. The highest BCUT2D eigenvalue weighted by Crippen LogP contribution is 2.31. The largest absolute Gasteiger partial charge is 0.309 e. The molecule has 0 aliphatic heterocycles. The number of aryl methyl sites for hydroxylation is 2. The maximum atomic E-state index is 14.2. The SMILES string of the molecule is CNC(c1cc(C)c(Cl)cc1C)c1ccc(Br)cc1F. The molecule has 2 aromatic carbocycles. The molecule has 1 nitrogen and oxygen atoms in total. The Balaban J connectivity index is 2.55. The molecule has 0 radical (unpaired) electrons. The van der Waals surface area contributed by atoms with Gasteiger partial charge in [0, 0.05) is 15.1 Å². The number of hydrogen-bond donors (Lipinski definition) is 1. The van der Waals surface area contributed by atoms with Gasteiger partial charge in [-0.25, -0.2) is 4.39 Å². The molecular weight excluding hydrogens is 341 g/mol. The van der Waals surface area contributed by atoms with E-state index in [1.807, 2.05) is 39.1 Å². The van der Waals surface area contributed by atoms with Crippen LogP contribution in [0.1, 0.15) is 28.3 Å². The molecule has 1 atom stereocenters. The van der Waals surface area contributed by atoms with Crippen molar-refractivity contribution < 1.29 is 4.39 Å². The molecule has 1 unspecified atom stereocenters. The van der Waals surface area contributed by atoms with Gasteiger partial charge in [-0.3, -0.25) is 0 Å². The van der Waals surface area contributed by atoms with Crippen LogP contribution in [-0.2, 0) is 0 Å². The fourth-order valence-corrected chi connectivity index (χ4v) is 2.88. The van der Waals surface area contributed by atoms with Crippen molar-refractivity contribution in [3.63, 3.8) is 0 Å². The minimum absolute atomic E-state index is 0.195. The van der Waals surface area contributed by atoms with E-state index in [-0.39, 0.29) is 11.9 Å². The van der Waals surface area contributed by atoms with Gasteiger partial charge in [0.1, 0.15) is 5.82 Å². The normalized spacial score (nSPS) is 12.5. The molecule has 0 amide bonds. The summed E-state index contributed by atoms with van der Waals surface area (Å²) in [5, 5.41) is 3.92. The zero-order chi connectivity index (χ0) is 14.9. The summed E-state index contributed by atoms with van der Waals surface area (Å²) in [4.78, 5) is 0. The monoisotopic (exact) mass is 355 g/mol. The van der Waals surface area contributed by atoms with Gasteiger partial charge in [0.25, 0.3) is 0 Å². The number of benzene rings is 2. The summed E-state index contributed by atoms with van der Waals surface area (Å²) in [6.45, 7) is 3.94. The second-order valence-corrected chi connectivity index (χ2v) is 6.17. The molecule has 0 aliphatic carbocycles. The van der Waals surface area contributed by atoms with E-state index in [0.717, 1.165) is 26.2 Å². The second kappa shape index (κ2) is 6.25. The van der Waals surface area contributed by atoms with Crippen LogP contribution >= 0.6 is 27.5 Å². The molecule has 2 aromatic rings. The van der Waals surface area contributed by atoms with Crippen molar-refractivity contribution in [2.45, 2.75) is 19.9 Å². The Kier molecular flexibility index (Phi) is 4.84. The summed E-state index contributed by atoms with van der Waals surface area (Å²) < 4.78 is 14.9. The number of hydrogen-bond acceptors (Lipinski definition) is 1. The molecule has 0 aliphatic rings. The topological polar surface area (TPSA) is 12.0 Å². The van der Waals surface area contributed by atoms with Gasteiger partial charge in [-0.2, -0.15) is 0 Å². The van der Waals surface area contributed by atoms with Gasteiger partial charge in [0.2, 0.25) is 0 Å². The average Bonchev–Trinajstić information content (AvgIpc) is 2.38. The van der Waals surface area contributed by atoms with E-state index in [9.17, 15) is 4.39 Å². The quantitative estimate of drug-likeness (QED) is 0.800. The fraction of sp³-hybridized carbons (Fsp3) is 0.250. The first kappa shape index (κ1) is 15.5. The van der Waals surface area contributed by atoms with E-state index in [2.05, 4.69) is 21.2 Å². The third kappa shape index (κ3) is 3.05. The van der Waals surface area contributed by atoms with Crippen LogP contribution in [-0.4, -0.2) is 7.05 Å². The van der Waals surface area contributed by atoms with Crippen molar-refractivity contribution in [2.75, 3.05) is 7.05 Å². The molecule has 0 fully saturated rings.